The molecule has 1 aromatic carbocycles. The van der Waals surface area contributed by atoms with Crippen LogP contribution in [0.25, 0.3) is 11.3 Å². The first kappa shape index (κ1) is 17.9. The van der Waals surface area contributed by atoms with Crippen LogP contribution in [0.5, 0.6) is 0 Å². The van der Waals surface area contributed by atoms with Gasteiger partial charge in [0.2, 0.25) is 0 Å². The zero-order chi connectivity index (χ0) is 15.5. The van der Waals surface area contributed by atoms with Gasteiger partial charge in [-0.25, -0.2) is 0 Å². The van der Waals surface area contributed by atoms with Crippen molar-refractivity contribution in [3.05, 3.63) is 52.3 Å². The van der Waals surface area contributed by atoms with E-state index in [0.29, 0.717) is 5.56 Å². The number of nitrogens with zero attached hydrogens (tertiary/aromatic N) is 2. The summed E-state index contributed by atoms with van der Waals surface area (Å²) in [7, 11) is 2.14. The molecule has 124 valence electrons. The maximum Gasteiger partial charge on any atom is 0.252 e. The number of alkyl halides is 1. The van der Waals surface area contributed by atoms with E-state index in [9.17, 15) is 4.79 Å². The monoisotopic (exact) mass is 353 g/mol. The van der Waals surface area contributed by atoms with Crippen molar-refractivity contribution < 1.29 is 0 Å². The number of benzene rings is 1. The molecule has 1 saturated heterocycles. The van der Waals surface area contributed by atoms with Gasteiger partial charge in [-0.3, -0.25) is 4.79 Å². The number of piperazine rings is 1. The van der Waals surface area contributed by atoms with Gasteiger partial charge in [-0.2, -0.15) is 0 Å². The fraction of sp³-hybridized carbons (Fsp3) is 0.353. The molecule has 1 N–H and O–H groups in total. The lowest BCUT2D eigenvalue weighted by Crippen LogP contribution is -2.44. The molecule has 2 heterocycles. The van der Waals surface area contributed by atoms with Crippen LogP contribution < -0.4 is 10.5 Å². The smallest absolute Gasteiger partial charge is 0.252 e. The van der Waals surface area contributed by atoms with Crippen LogP contribution in [0.15, 0.2) is 41.2 Å². The van der Waals surface area contributed by atoms with Crippen molar-refractivity contribution in [2.45, 2.75) is 5.88 Å². The van der Waals surface area contributed by atoms with Crippen LogP contribution in [0.2, 0.25) is 0 Å². The minimum absolute atomic E-state index is 0. The number of hydrogen-bond donors (Lipinski definition) is 1. The van der Waals surface area contributed by atoms with Crippen molar-refractivity contribution in [3.8, 4) is 11.3 Å². The van der Waals surface area contributed by atoms with Gasteiger partial charge in [0.15, 0.2) is 0 Å². The van der Waals surface area contributed by atoms with Crippen molar-refractivity contribution >= 4 is 29.7 Å². The molecule has 3 rings (SSSR count). The van der Waals surface area contributed by atoms with Gasteiger partial charge in [0.05, 0.1) is 11.6 Å². The second-order valence-corrected chi connectivity index (χ2v) is 5.93. The number of aromatic amines is 1. The molecule has 1 aliphatic heterocycles. The molecule has 0 bridgehead atoms. The molecule has 1 aromatic heterocycles. The summed E-state index contributed by atoms with van der Waals surface area (Å²) < 4.78 is 0. The van der Waals surface area contributed by atoms with Gasteiger partial charge in [-0.15, -0.1) is 24.0 Å². The number of para-hydroxylation sites is 1. The Bertz CT molecular complexity index is 709. The summed E-state index contributed by atoms with van der Waals surface area (Å²) in [6, 6.07) is 12.0. The summed E-state index contributed by atoms with van der Waals surface area (Å²) in [5.74, 6) is 0.232. The zero-order valence-corrected chi connectivity index (χ0v) is 14.7. The van der Waals surface area contributed by atoms with Gasteiger partial charge in [0, 0.05) is 43.0 Å². The highest BCUT2D eigenvalue weighted by Gasteiger charge is 2.17. The van der Waals surface area contributed by atoms with Gasteiger partial charge >= 0.3 is 0 Å². The first-order valence-corrected chi connectivity index (χ1v) is 8.03. The second kappa shape index (κ2) is 7.86. The number of likely N-dealkylation sites (N-methyl/N-ethyl adjacent to an activating group) is 1. The molecule has 0 radical (unpaired) electrons. The zero-order valence-electron chi connectivity index (χ0n) is 13.1. The number of halogens is 2. The van der Waals surface area contributed by atoms with E-state index in [1.54, 1.807) is 0 Å². The molecule has 0 aliphatic carbocycles. The maximum atomic E-state index is 12.0. The van der Waals surface area contributed by atoms with Crippen LogP contribution in [0.4, 0.5) is 5.69 Å². The Kier molecular flexibility index (Phi) is 6.10. The van der Waals surface area contributed by atoms with Crippen molar-refractivity contribution in [2.75, 3.05) is 38.1 Å². The molecule has 0 amide bonds. The van der Waals surface area contributed by atoms with E-state index in [1.165, 1.54) is 5.69 Å². The Hall–Kier alpha value is -1.49. The maximum absolute atomic E-state index is 12.0. The van der Waals surface area contributed by atoms with Crippen LogP contribution >= 0.6 is 24.0 Å². The van der Waals surface area contributed by atoms with Crippen molar-refractivity contribution in [1.82, 2.24) is 9.88 Å². The largest absolute Gasteiger partial charge is 0.368 e. The van der Waals surface area contributed by atoms with E-state index >= 15 is 0 Å². The predicted molar refractivity (Wildman–Crippen MR) is 99.0 cm³/mol. The summed E-state index contributed by atoms with van der Waals surface area (Å²) in [4.78, 5) is 19.7. The summed E-state index contributed by atoms with van der Waals surface area (Å²) in [6.07, 6.45) is 0. The molecule has 1 aliphatic rings. The standard InChI is InChI=1S/C17H20ClN3O.ClH/c1-20-8-10-21(11-9-20)16-5-3-2-4-14(16)15-7-6-13(12-18)17(22)19-15;/h2-7H,8-12H2,1H3,(H,19,22);1H. The van der Waals surface area contributed by atoms with Crippen LogP contribution in [0.1, 0.15) is 5.56 Å². The van der Waals surface area contributed by atoms with Gasteiger partial charge in [0.25, 0.3) is 5.56 Å². The second-order valence-electron chi connectivity index (χ2n) is 5.67. The fourth-order valence-electron chi connectivity index (χ4n) is 2.79. The highest BCUT2D eigenvalue weighted by Crippen LogP contribution is 2.29. The third kappa shape index (κ3) is 3.89. The van der Waals surface area contributed by atoms with E-state index in [2.05, 4.69) is 34.0 Å². The summed E-state index contributed by atoms with van der Waals surface area (Å²) in [5.41, 5.74) is 3.56. The van der Waals surface area contributed by atoms with E-state index in [0.717, 1.165) is 37.4 Å². The highest BCUT2D eigenvalue weighted by atomic mass is 35.5. The van der Waals surface area contributed by atoms with Gasteiger partial charge in [-0.1, -0.05) is 24.3 Å². The third-order valence-electron chi connectivity index (χ3n) is 4.17. The van der Waals surface area contributed by atoms with E-state index in [4.69, 9.17) is 11.6 Å². The first-order valence-electron chi connectivity index (χ1n) is 7.50. The Morgan fingerprint density at radius 3 is 2.43 bits per heavy atom. The normalized spacial score (nSPS) is 15.3. The molecular formula is C17H21Cl2N3O. The number of nitrogens with one attached hydrogen (secondary N) is 1. The van der Waals surface area contributed by atoms with Gasteiger partial charge in [0.1, 0.15) is 0 Å². The van der Waals surface area contributed by atoms with Gasteiger partial charge < -0.3 is 14.8 Å². The number of hydrogen-bond acceptors (Lipinski definition) is 3. The molecule has 0 atom stereocenters. The van der Waals surface area contributed by atoms with E-state index in [-0.39, 0.29) is 23.8 Å². The number of pyridine rings is 1. The van der Waals surface area contributed by atoms with Crippen LogP contribution in [0.3, 0.4) is 0 Å². The Morgan fingerprint density at radius 2 is 1.78 bits per heavy atom. The number of aromatic nitrogens is 1. The molecule has 2 aromatic rings. The molecule has 1 fully saturated rings. The Balaban J connectivity index is 0.00000192. The first-order chi connectivity index (χ1) is 10.7. The molecule has 0 saturated carbocycles. The number of H-pyrrole nitrogens is 1. The summed E-state index contributed by atoms with van der Waals surface area (Å²) in [5, 5.41) is 0. The lowest BCUT2D eigenvalue weighted by atomic mass is 10.1. The lowest BCUT2D eigenvalue weighted by Gasteiger charge is -2.35. The van der Waals surface area contributed by atoms with Gasteiger partial charge in [-0.05, 0) is 19.2 Å². The topological polar surface area (TPSA) is 39.3 Å². The van der Waals surface area contributed by atoms with Crippen molar-refractivity contribution in [2.24, 2.45) is 0 Å². The quantitative estimate of drug-likeness (QED) is 0.862. The number of anilines is 1. The lowest BCUT2D eigenvalue weighted by molar-refractivity contribution is 0.313. The van der Waals surface area contributed by atoms with Crippen LogP contribution in [-0.4, -0.2) is 43.1 Å². The predicted octanol–water partition coefficient (Wildman–Crippen LogP) is 2.95. The SMILES string of the molecule is CN1CCN(c2ccccc2-c2ccc(CCl)c(=O)[nH]2)CC1.Cl. The number of rotatable bonds is 3. The van der Waals surface area contributed by atoms with E-state index in [1.807, 2.05) is 24.3 Å². The minimum atomic E-state index is -0.110. The van der Waals surface area contributed by atoms with Crippen LogP contribution in [0, 0.1) is 0 Å². The average Bonchev–Trinajstić information content (AvgIpc) is 2.55. The fourth-order valence-corrected chi connectivity index (χ4v) is 3.00. The van der Waals surface area contributed by atoms with Crippen molar-refractivity contribution in [3.63, 3.8) is 0 Å². The highest BCUT2D eigenvalue weighted by molar-refractivity contribution is 6.17. The molecule has 4 nitrogen and oxygen atoms in total. The Morgan fingerprint density at radius 1 is 1.09 bits per heavy atom. The summed E-state index contributed by atoms with van der Waals surface area (Å²) >= 11 is 5.76. The third-order valence-corrected chi connectivity index (χ3v) is 4.46. The van der Waals surface area contributed by atoms with E-state index < -0.39 is 0 Å². The summed E-state index contributed by atoms with van der Waals surface area (Å²) in [6.45, 7) is 4.10. The molecule has 0 unspecified atom stereocenters. The molecule has 6 heteroatoms. The molecule has 23 heavy (non-hydrogen) atoms. The average molecular weight is 354 g/mol. The minimum Gasteiger partial charge on any atom is -0.368 e. The Labute approximate surface area is 147 Å². The van der Waals surface area contributed by atoms with Crippen molar-refractivity contribution in [1.29, 1.82) is 0 Å². The molecular weight excluding hydrogens is 333 g/mol. The molecule has 0 spiro atoms. The van der Waals surface area contributed by atoms with Crippen LogP contribution in [-0.2, 0) is 5.88 Å².